The first kappa shape index (κ1) is 15.9. The van der Waals surface area contributed by atoms with Crippen molar-refractivity contribution in [3.8, 4) is 0 Å². The van der Waals surface area contributed by atoms with E-state index in [0.29, 0.717) is 0 Å². The van der Waals surface area contributed by atoms with E-state index in [1.807, 2.05) is 13.8 Å². The summed E-state index contributed by atoms with van der Waals surface area (Å²) in [5.74, 6) is -1.62. The minimum absolute atomic E-state index is 0.0122. The fourth-order valence-corrected chi connectivity index (χ4v) is 2.19. The lowest BCUT2D eigenvalue weighted by atomic mass is 10.1. The van der Waals surface area contributed by atoms with Gasteiger partial charge in [0.25, 0.3) is 9.05 Å². The van der Waals surface area contributed by atoms with Crippen molar-refractivity contribution in [3.63, 3.8) is 0 Å². The Balaban J connectivity index is 3.20. The summed E-state index contributed by atoms with van der Waals surface area (Å²) in [4.78, 5) is 11.4. The molecule has 1 aromatic rings. The predicted molar refractivity (Wildman–Crippen MR) is 69.3 cm³/mol. The van der Waals surface area contributed by atoms with E-state index in [1.165, 1.54) is 6.92 Å². The fourth-order valence-electron chi connectivity index (χ4n) is 1.35. The molecule has 0 amide bonds. The molecule has 0 saturated carbocycles. The summed E-state index contributed by atoms with van der Waals surface area (Å²) >= 11 is 0. The number of ether oxygens (including phenoxy) is 1. The minimum Gasteiger partial charge on any atom is -0.462 e. The molecule has 0 aromatic heterocycles. The summed E-state index contributed by atoms with van der Waals surface area (Å²) in [6, 6.07) is 1.95. The summed E-state index contributed by atoms with van der Waals surface area (Å²) < 4.78 is 41.1. The van der Waals surface area contributed by atoms with Gasteiger partial charge in [-0.05, 0) is 30.5 Å². The van der Waals surface area contributed by atoms with Gasteiger partial charge in [0.1, 0.15) is 5.82 Å². The van der Waals surface area contributed by atoms with Gasteiger partial charge in [0, 0.05) is 10.7 Å². The average Bonchev–Trinajstić information content (AvgIpc) is 2.27. The third-order valence-electron chi connectivity index (χ3n) is 2.28. The topological polar surface area (TPSA) is 60.4 Å². The number of carbonyl (C=O) groups is 1. The zero-order chi connectivity index (χ0) is 14.8. The van der Waals surface area contributed by atoms with Crippen molar-refractivity contribution in [1.82, 2.24) is 0 Å². The molecule has 106 valence electrons. The number of hydrogen-bond acceptors (Lipinski definition) is 4. The summed E-state index contributed by atoms with van der Waals surface area (Å²) in [5, 5.41) is 0. The van der Waals surface area contributed by atoms with Crippen LogP contribution in [0, 0.1) is 18.7 Å². The second kappa shape index (κ2) is 5.88. The predicted octanol–water partition coefficient (Wildman–Crippen LogP) is 2.87. The van der Waals surface area contributed by atoms with Gasteiger partial charge in [-0.2, -0.15) is 0 Å². The van der Waals surface area contributed by atoms with Gasteiger partial charge in [0.15, 0.2) is 0 Å². The highest BCUT2D eigenvalue weighted by atomic mass is 35.7. The third kappa shape index (κ3) is 4.18. The second-order valence-corrected chi connectivity index (χ2v) is 7.10. The molecule has 0 atom stereocenters. The van der Waals surface area contributed by atoms with E-state index in [4.69, 9.17) is 15.4 Å². The number of benzene rings is 1. The Morgan fingerprint density at radius 1 is 1.42 bits per heavy atom. The van der Waals surface area contributed by atoms with Gasteiger partial charge < -0.3 is 4.74 Å². The lowest BCUT2D eigenvalue weighted by Crippen LogP contribution is -2.13. The molecule has 7 heteroatoms. The zero-order valence-corrected chi connectivity index (χ0v) is 12.3. The molecule has 1 aromatic carbocycles. The van der Waals surface area contributed by atoms with Crippen LogP contribution in [0.5, 0.6) is 0 Å². The van der Waals surface area contributed by atoms with Gasteiger partial charge in [-0.15, -0.1) is 0 Å². The molecule has 0 aliphatic carbocycles. The maximum atomic E-state index is 13.8. The molecule has 0 N–H and O–H groups in total. The number of halogens is 2. The van der Waals surface area contributed by atoms with Gasteiger partial charge in [0.2, 0.25) is 0 Å². The first-order valence-corrected chi connectivity index (χ1v) is 7.85. The van der Waals surface area contributed by atoms with Crippen molar-refractivity contribution >= 4 is 25.7 Å². The molecule has 19 heavy (non-hydrogen) atoms. The average molecular weight is 309 g/mol. The van der Waals surface area contributed by atoms with Crippen molar-refractivity contribution in [2.75, 3.05) is 6.61 Å². The molecule has 0 radical (unpaired) electrons. The Morgan fingerprint density at radius 3 is 2.47 bits per heavy atom. The maximum Gasteiger partial charge on any atom is 0.341 e. The highest BCUT2D eigenvalue weighted by molar-refractivity contribution is 8.13. The van der Waals surface area contributed by atoms with Crippen LogP contribution in [0.4, 0.5) is 4.39 Å². The van der Waals surface area contributed by atoms with Crippen LogP contribution in [-0.4, -0.2) is 21.0 Å². The van der Waals surface area contributed by atoms with Crippen LogP contribution in [-0.2, 0) is 13.8 Å². The van der Waals surface area contributed by atoms with Gasteiger partial charge in [-0.3, -0.25) is 0 Å². The molecule has 0 unspecified atom stereocenters. The van der Waals surface area contributed by atoms with E-state index < -0.39 is 26.4 Å². The fraction of sp³-hybridized carbons (Fsp3) is 0.417. The quantitative estimate of drug-likeness (QED) is 0.634. The largest absolute Gasteiger partial charge is 0.462 e. The highest BCUT2D eigenvalue weighted by Crippen LogP contribution is 2.22. The lowest BCUT2D eigenvalue weighted by Gasteiger charge is -2.10. The van der Waals surface area contributed by atoms with Gasteiger partial charge in [0.05, 0.1) is 17.1 Å². The van der Waals surface area contributed by atoms with Crippen LogP contribution in [0.15, 0.2) is 17.0 Å². The second-order valence-electron chi connectivity index (χ2n) is 4.53. The SMILES string of the molecule is Cc1cc(S(=O)(=O)Cl)cc(C(=O)OCC(C)C)c1F. The monoisotopic (exact) mass is 308 g/mol. The molecule has 0 heterocycles. The number of hydrogen-bond donors (Lipinski definition) is 0. The molecule has 0 bridgehead atoms. The molecule has 4 nitrogen and oxygen atoms in total. The normalized spacial score (nSPS) is 11.7. The molecule has 1 rings (SSSR count). The lowest BCUT2D eigenvalue weighted by molar-refractivity contribution is 0.0453. The maximum absolute atomic E-state index is 13.8. The number of aryl methyl sites for hydroxylation is 1. The van der Waals surface area contributed by atoms with Gasteiger partial charge >= 0.3 is 5.97 Å². The first-order chi connectivity index (χ1) is 8.62. The highest BCUT2D eigenvalue weighted by Gasteiger charge is 2.21. The molecule has 0 fully saturated rings. The molecule has 0 spiro atoms. The van der Waals surface area contributed by atoms with E-state index >= 15 is 0 Å². The van der Waals surface area contributed by atoms with Crippen LogP contribution >= 0.6 is 10.7 Å². The van der Waals surface area contributed by atoms with Crippen molar-refractivity contribution in [2.45, 2.75) is 25.7 Å². The number of esters is 1. The first-order valence-electron chi connectivity index (χ1n) is 5.55. The number of carbonyl (C=O) groups excluding carboxylic acids is 1. The zero-order valence-electron chi connectivity index (χ0n) is 10.7. The van der Waals surface area contributed by atoms with Crippen molar-refractivity contribution in [3.05, 3.63) is 29.1 Å². The summed E-state index contributed by atoms with van der Waals surface area (Å²) in [5.41, 5.74) is -0.418. The summed E-state index contributed by atoms with van der Waals surface area (Å²) in [7, 11) is 1.15. The van der Waals surface area contributed by atoms with E-state index in [2.05, 4.69) is 0 Å². The van der Waals surface area contributed by atoms with Gasteiger partial charge in [-0.1, -0.05) is 13.8 Å². The molecule has 0 aliphatic heterocycles. The molecular formula is C12H14ClFO4S. The van der Waals surface area contributed by atoms with E-state index in [1.54, 1.807) is 0 Å². The van der Waals surface area contributed by atoms with E-state index in [0.717, 1.165) is 12.1 Å². The Kier molecular flexibility index (Phi) is 4.92. The van der Waals surface area contributed by atoms with E-state index in [9.17, 15) is 17.6 Å². The van der Waals surface area contributed by atoms with Crippen molar-refractivity contribution in [1.29, 1.82) is 0 Å². The third-order valence-corrected chi connectivity index (χ3v) is 3.61. The van der Waals surface area contributed by atoms with Crippen molar-refractivity contribution in [2.24, 2.45) is 5.92 Å². The molecule has 0 saturated heterocycles. The minimum atomic E-state index is -4.03. The van der Waals surface area contributed by atoms with Crippen LogP contribution in [0.3, 0.4) is 0 Å². The Labute approximate surface area is 115 Å². The van der Waals surface area contributed by atoms with Gasteiger partial charge in [-0.25, -0.2) is 17.6 Å². The summed E-state index contributed by atoms with van der Waals surface area (Å²) in [6.45, 7) is 5.12. The molecule has 0 aliphatic rings. The Morgan fingerprint density at radius 2 is 2.00 bits per heavy atom. The smallest absolute Gasteiger partial charge is 0.341 e. The molecular weight excluding hydrogens is 295 g/mol. The standard InChI is InChI=1S/C12H14ClFO4S/c1-7(2)6-18-12(15)10-5-9(19(13,16)17)4-8(3)11(10)14/h4-5,7H,6H2,1-3H3. The van der Waals surface area contributed by atoms with E-state index in [-0.39, 0.29) is 23.0 Å². The van der Waals surface area contributed by atoms with Crippen LogP contribution in [0.2, 0.25) is 0 Å². The number of rotatable bonds is 4. The van der Waals surface area contributed by atoms with Crippen molar-refractivity contribution < 1.29 is 22.3 Å². The van der Waals surface area contributed by atoms with Crippen LogP contribution in [0.25, 0.3) is 0 Å². The van der Waals surface area contributed by atoms with Crippen LogP contribution in [0.1, 0.15) is 29.8 Å². The van der Waals surface area contributed by atoms with Crippen LogP contribution < -0.4 is 0 Å². The Bertz CT molecular complexity index is 596. The summed E-state index contributed by atoms with van der Waals surface area (Å²) in [6.07, 6.45) is 0. The Hall–Kier alpha value is -1.14.